The third-order valence-corrected chi connectivity index (χ3v) is 6.68. The molecule has 1 aromatic heterocycles. The van der Waals surface area contributed by atoms with Crippen LogP contribution in [-0.2, 0) is 14.8 Å². The van der Waals surface area contributed by atoms with Gasteiger partial charge in [-0.25, -0.2) is 17.9 Å². The molecule has 1 unspecified atom stereocenters. The molecule has 3 rings (SSSR count). The van der Waals surface area contributed by atoms with E-state index < -0.39 is 22.0 Å². The second-order valence-electron chi connectivity index (χ2n) is 8.68. The van der Waals surface area contributed by atoms with Crippen molar-refractivity contribution < 1.29 is 23.1 Å². The Morgan fingerprint density at radius 3 is 2.37 bits per heavy atom. The Morgan fingerprint density at radius 2 is 1.79 bits per heavy atom. The predicted octanol–water partition coefficient (Wildman–Crippen LogP) is 4.39. The van der Waals surface area contributed by atoms with Gasteiger partial charge in [-0.3, -0.25) is 9.78 Å². The zero-order valence-corrected chi connectivity index (χ0v) is 22.9. The zero-order valence-electron chi connectivity index (χ0n) is 21.3. The van der Waals surface area contributed by atoms with Gasteiger partial charge in [0.05, 0.1) is 12.1 Å². The van der Waals surface area contributed by atoms with Gasteiger partial charge < -0.3 is 21.5 Å². The molecule has 0 saturated carbocycles. The van der Waals surface area contributed by atoms with Gasteiger partial charge in [-0.05, 0) is 68.8 Å². The predicted molar refractivity (Wildman–Crippen MR) is 148 cm³/mol. The van der Waals surface area contributed by atoms with Crippen molar-refractivity contribution in [3.8, 4) is 0 Å². The van der Waals surface area contributed by atoms with Crippen molar-refractivity contribution in [2.45, 2.75) is 44.0 Å². The molecule has 3 aromatic rings. The van der Waals surface area contributed by atoms with Gasteiger partial charge in [0.2, 0.25) is 0 Å². The van der Waals surface area contributed by atoms with Crippen molar-refractivity contribution in [2.75, 3.05) is 11.9 Å². The van der Waals surface area contributed by atoms with Gasteiger partial charge in [-0.1, -0.05) is 35.9 Å². The van der Waals surface area contributed by atoms with Gasteiger partial charge in [-0.2, -0.15) is 0 Å². The summed E-state index contributed by atoms with van der Waals surface area (Å²) in [6.07, 6.45) is 2.73. The van der Waals surface area contributed by atoms with E-state index in [9.17, 15) is 18.0 Å². The molecule has 0 radical (unpaired) electrons. The molecule has 38 heavy (non-hydrogen) atoms. The third kappa shape index (κ3) is 10.0. The highest BCUT2D eigenvalue weighted by Gasteiger charge is 2.22. The lowest BCUT2D eigenvalue weighted by Gasteiger charge is -2.14. The van der Waals surface area contributed by atoms with Crippen LogP contribution in [0, 0.1) is 6.92 Å². The van der Waals surface area contributed by atoms with Crippen molar-refractivity contribution in [1.29, 1.82) is 0 Å². The minimum Gasteiger partial charge on any atom is -0.481 e. The minimum atomic E-state index is -4.05. The summed E-state index contributed by atoms with van der Waals surface area (Å²) in [5, 5.41) is 14.8. The fourth-order valence-electron chi connectivity index (χ4n) is 3.33. The van der Waals surface area contributed by atoms with E-state index in [2.05, 4.69) is 15.6 Å². The van der Waals surface area contributed by atoms with Gasteiger partial charge in [0.1, 0.15) is 4.90 Å². The summed E-state index contributed by atoms with van der Waals surface area (Å²) in [4.78, 5) is 26.0. The monoisotopic (exact) mass is 561 g/mol. The zero-order chi connectivity index (χ0) is 28.3. The van der Waals surface area contributed by atoms with Crippen molar-refractivity contribution in [3.63, 3.8) is 0 Å². The number of pyridine rings is 1. The highest BCUT2D eigenvalue weighted by Crippen LogP contribution is 2.24. The molecule has 10 nitrogen and oxygen atoms in total. The van der Waals surface area contributed by atoms with E-state index >= 15 is 0 Å². The Bertz CT molecular complexity index is 1330. The average molecular weight is 562 g/mol. The summed E-state index contributed by atoms with van der Waals surface area (Å²) in [6, 6.07) is 15.2. The van der Waals surface area contributed by atoms with Crippen LogP contribution >= 0.6 is 11.6 Å². The lowest BCUT2D eigenvalue weighted by atomic mass is 9.96. The largest absolute Gasteiger partial charge is 0.481 e. The first-order chi connectivity index (χ1) is 17.9. The average Bonchev–Trinajstić information content (AvgIpc) is 2.83. The molecule has 12 heteroatoms. The minimum absolute atomic E-state index is 0.0537. The first kappa shape index (κ1) is 30.6. The van der Waals surface area contributed by atoms with Crippen molar-refractivity contribution in [1.82, 2.24) is 15.0 Å². The van der Waals surface area contributed by atoms with Gasteiger partial charge >= 0.3 is 12.0 Å². The first-order valence-electron chi connectivity index (χ1n) is 11.7. The fourth-order valence-corrected chi connectivity index (χ4v) is 4.47. The van der Waals surface area contributed by atoms with Crippen LogP contribution in [0.25, 0.3) is 0 Å². The standard InChI is InChI=1S/C16H20N4O3S.C10H12ClNO2/c1-11(2)18-16(21)20-24(22,23)15-10-17-8-7-14(15)19-13-6-4-5-12(3)9-13;11-9-3-1-7(2-4-9)8(6-12)5-10(13)14/h4-11H,1-3H3,(H,17,19)(H2,18,20,21);1-4,8H,5-6,12H2,(H,13,14). The van der Waals surface area contributed by atoms with E-state index in [-0.39, 0.29) is 23.3 Å². The van der Waals surface area contributed by atoms with E-state index in [1.165, 1.54) is 18.5 Å². The molecule has 1 heterocycles. The number of nitrogens with one attached hydrogen (secondary N) is 3. The number of aliphatic carboxylic acids is 1. The number of hydrogen-bond donors (Lipinski definition) is 5. The Balaban J connectivity index is 0.000000308. The number of amides is 2. The molecule has 204 valence electrons. The van der Waals surface area contributed by atoms with E-state index in [1.54, 1.807) is 26.0 Å². The summed E-state index contributed by atoms with van der Waals surface area (Å²) in [5.41, 5.74) is 8.52. The van der Waals surface area contributed by atoms with Crippen LogP contribution in [-0.4, -0.2) is 43.1 Å². The molecule has 2 amide bonds. The van der Waals surface area contributed by atoms with Crippen LogP contribution in [0.3, 0.4) is 0 Å². The molecule has 0 fully saturated rings. The Labute approximate surface area is 227 Å². The highest BCUT2D eigenvalue weighted by molar-refractivity contribution is 7.90. The maximum absolute atomic E-state index is 12.5. The number of aryl methyl sites for hydroxylation is 1. The highest BCUT2D eigenvalue weighted by atomic mass is 35.5. The number of aromatic nitrogens is 1. The number of carboxylic acids is 1. The number of carbonyl (C=O) groups excluding carboxylic acids is 1. The molecular weight excluding hydrogens is 530 g/mol. The van der Waals surface area contributed by atoms with E-state index in [0.717, 1.165) is 16.8 Å². The quantitative estimate of drug-likeness (QED) is 0.257. The number of halogens is 1. The van der Waals surface area contributed by atoms with Crippen molar-refractivity contribution >= 4 is 45.0 Å². The molecule has 6 N–H and O–H groups in total. The number of sulfonamides is 1. The Kier molecular flexibility index (Phi) is 11.5. The maximum Gasteiger partial charge on any atom is 0.328 e. The molecule has 0 aliphatic heterocycles. The van der Waals surface area contributed by atoms with Crippen LogP contribution in [0.15, 0.2) is 71.9 Å². The summed E-state index contributed by atoms with van der Waals surface area (Å²) >= 11 is 5.72. The van der Waals surface area contributed by atoms with E-state index in [0.29, 0.717) is 17.3 Å². The van der Waals surface area contributed by atoms with Crippen LogP contribution < -0.4 is 21.1 Å². The topological polar surface area (TPSA) is 164 Å². The number of nitrogens with two attached hydrogens (primary N) is 1. The molecular formula is C26H32ClN5O5S. The normalized spacial score (nSPS) is 11.6. The molecule has 0 aliphatic carbocycles. The SMILES string of the molecule is Cc1cccc(Nc2ccncc2S(=O)(=O)NC(=O)NC(C)C)c1.NCC(CC(=O)O)c1ccc(Cl)cc1. The van der Waals surface area contributed by atoms with Gasteiger partial charge in [0.15, 0.2) is 0 Å². The number of benzene rings is 2. The number of carboxylic acid groups (broad SMARTS) is 1. The second kappa shape index (κ2) is 14.3. The van der Waals surface area contributed by atoms with E-state index in [4.69, 9.17) is 22.4 Å². The lowest BCUT2D eigenvalue weighted by molar-refractivity contribution is -0.137. The van der Waals surface area contributed by atoms with Gasteiger partial charge in [-0.15, -0.1) is 0 Å². The number of hydrogen-bond acceptors (Lipinski definition) is 7. The van der Waals surface area contributed by atoms with Crippen LogP contribution in [0.4, 0.5) is 16.2 Å². The van der Waals surface area contributed by atoms with Crippen molar-refractivity contribution in [2.24, 2.45) is 5.73 Å². The fraction of sp³-hybridized carbons (Fsp3) is 0.269. The number of nitrogens with zero attached hydrogens (tertiary/aromatic N) is 1. The molecule has 0 saturated heterocycles. The third-order valence-electron chi connectivity index (χ3n) is 5.06. The summed E-state index contributed by atoms with van der Waals surface area (Å²) < 4.78 is 26.9. The number of urea groups is 1. The Hall–Kier alpha value is -3.67. The molecule has 0 spiro atoms. The lowest BCUT2D eigenvalue weighted by Crippen LogP contribution is -2.42. The van der Waals surface area contributed by atoms with Gasteiger partial charge in [0, 0.05) is 35.1 Å². The number of rotatable bonds is 9. The maximum atomic E-state index is 12.5. The van der Waals surface area contributed by atoms with Gasteiger partial charge in [0.25, 0.3) is 10.0 Å². The Morgan fingerprint density at radius 1 is 1.11 bits per heavy atom. The second-order valence-corrected chi connectivity index (χ2v) is 10.8. The smallest absolute Gasteiger partial charge is 0.328 e. The molecule has 1 atom stereocenters. The summed E-state index contributed by atoms with van der Waals surface area (Å²) in [5.74, 6) is -0.972. The van der Waals surface area contributed by atoms with Crippen molar-refractivity contribution in [3.05, 3.63) is 83.1 Å². The van der Waals surface area contributed by atoms with Crippen LogP contribution in [0.1, 0.15) is 37.3 Å². The van der Waals surface area contributed by atoms with E-state index in [1.807, 2.05) is 48.0 Å². The first-order valence-corrected chi connectivity index (χ1v) is 13.6. The molecule has 0 bridgehead atoms. The number of anilines is 2. The van der Waals surface area contributed by atoms with Crippen LogP contribution in [0.5, 0.6) is 0 Å². The number of carbonyl (C=O) groups is 2. The summed E-state index contributed by atoms with van der Waals surface area (Å²) in [7, 11) is -4.05. The molecule has 2 aromatic carbocycles. The van der Waals surface area contributed by atoms with Crippen LogP contribution in [0.2, 0.25) is 5.02 Å². The molecule has 0 aliphatic rings. The summed E-state index contributed by atoms with van der Waals surface area (Å²) in [6.45, 7) is 5.74.